The van der Waals surface area contributed by atoms with Gasteiger partial charge in [0.15, 0.2) is 0 Å². The number of nitrogens with zero attached hydrogens (tertiary/aromatic N) is 1. The number of hydrogen-bond acceptors (Lipinski definition) is 2. The fourth-order valence-corrected chi connectivity index (χ4v) is 3.13. The molecular weight excluding hydrogens is 328 g/mol. The highest BCUT2D eigenvalue weighted by atomic mass is 19.1. The molecule has 0 saturated carbocycles. The molecule has 25 heavy (non-hydrogen) atoms. The number of carbonyl (C=O) groups is 2. The second-order valence-electron chi connectivity index (χ2n) is 6.08. The molecule has 2 aromatic rings. The Bertz CT molecular complexity index is 822. The van der Waals surface area contributed by atoms with Crippen molar-refractivity contribution in [2.75, 3.05) is 0 Å². The second-order valence-corrected chi connectivity index (χ2v) is 6.08. The zero-order valence-electron chi connectivity index (χ0n) is 13.4. The number of carbonyl (C=O) groups excluding carboxylic acids is 1. The van der Waals surface area contributed by atoms with Gasteiger partial charge in [-0.1, -0.05) is 24.3 Å². The van der Waals surface area contributed by atoms with Crippen molar-refractivity contribution >= 4 is 11.9 Å². The van der Waals surface area contributed by atoms with Crippen LogP contribution in [0.15, 0.2) is 42.5 Å². The molecule has 1 aliphatic heterocycles. The highest BCUT2D eigenvalue weighted by Crippen LogP contribution is 2.24. The van der Waals surface area contributed by atoms with Gasteiger partial charge in [0, 0.05) is 19.4 Å². The number of carboxylic acid groups (broad SMARTS) is 1. The van der Waals surface area contributed by atoms with Crippen LogP contribution < -0.4 is 0 Å². The van der Waals surface area contributed by atoms with Crippen molar-refractivity contribution in [2.45, 2.75) is 31.8 Å². The molecule has 1 aliphatic rings. The van der Waals surface area contributed by atoms with Crippen LogP contribution in [0.4, 0.5) is 8.78 Å². The van der Waals surface area contributed by atoms with Crippen LogP contribution in [-0.4, -0.2) is 27.9 Å². The van der Waals surface area contributed by atoms with Gasteiger partial charge in [0.1, 0.15) is 17.7 Å². The molecule has 0 saturated heterocycles. The molecule has 3 rings (SSSR count). The molecule has 1 N–H and O–H groups in total. The largest absolute Gasteiger partial charge is 0.480 e. The van der Waals surface area contributed by atoms with E-state index in [9.17, 15) is 23.5 Å². The lowest BCUT2D eigenvalue weighted by atomic mass is 9.93. The molecule has 0 fully saturated rings. The van der Waals surface area contributed by atoms with E-state index in [1.807, 2.05) is 24.3 Å². The summed E-state index contributed by atoms with van der Waals surface area (Å²) in [5.74, 6) is -2.60. The van der Waals surface area contributed by atoms with Crippen LogP contribution in [0.3, 0.4) is 0 Å². The maximum Gasteiger partial charge on any atom is 0.326 e. The molecule has 1 heterocycles. The first-order valence-corrected chi connectivity index (χ1v) is 7.98. The van der Waals surface area contributed by atoms with Crippen molar-refractivity contribution in [1.29, 1.82) is 0 Å². The number of halogens is 2. The van der Waals surface area contributed by atoms with Gasteiger partial charge in [-0.05, 0) is 41.3 Å². The molecule has 2 aromatic carbocycles. The third kappa shape index (κ3) is 3.68. The van der Waals surface area contributed by atoms with Crippen molar-refractivity contribution in [2.24, 2.45) is 0 Å². The van der Waals surface area contributed by atoms with Gasteiger partial charge in [-0.15, -0.1) is 0 Å². The molecule has 1 atom stereocenters. The maximum atomic E-state index is 13.7. The standard InChI is InChI=1S/C19H17F2NO3/c20-15-6-7-16(21)13(9-15)5-8-18(23)22-11-14-4-2-1-3-12(14)10-17(22)19(24)25/h1-4,6-7,9,17H,5,8,10-11H2,(H,24,25). The van der Waals surface area contributed by atoms with Crippen molar-refractivity contribution in [3.8, 4) is 0 Å². The van der Waals surface area contributed by atoms with Gasteiger partial charge >= 0.3 is 5.97 Å². The van der Waals surface area contributed by atoms with E-state index >= 15 is 0 Å². The van der Waals surface area contributed by atoms with Crippen molar-refractivity contribution in [3.05, 3.63) is 70.8 Å². The Morgan fingerprint density at radius 1 is 1.12 bits per heavy atom. The first-order chi connectivity index (χ1) is 12.0. The molecule has 130 valence electrons. The number of rotatable bonds is 4. The summed E-state index contributed by atoms with van der Waals surface area (Å²) in [6, 6.07) is 9.54. The Labute approximate surface area is 143 Å². The number of amides is 1. The van der Waals surface area contributed by atoms with Gasteiger partial charge in [-0.3, -0.25) is 4.79 Å². The van der Waals surface area contributed by atoms with Crippen molar-refractivity contribution < 1.29 is 23.5 Å². The van der Waals surface area contributed by atoms with Crippen LogP contribution >= 0.6 is 0 Å². The number of fused-ring (bicyclic) bond motifs is 1. The second kappa shape index (κ2) is 7.01. The molecular formula is C19H17F2NO3. The van der Waals surface area contributed by atoms with E-state index in [0.29, 0.717) is 0 Å². The average molecular weight is 345 g/mol. The Morgan fingerprint density at radius 3 is 2.56 bits per heavy atom. The van der Waals surface area contributed by atoms with E-state index in [4.69, 9.17) is 0 Å². The first-order valence-electron chi connectivity index (χ1n) is 7.98. The van der Waals surface area contributed by atoms with Gasteiger partial charge in [-0.25, -0.2) is 13.6 Å². The Morgan fingerprint density at radius 2 is 1.84 bits per heavy atom. The maximum absolute atomic E-state index is 13.7. The van der Waals surface area contributed by atoms with Crippen molar-refractivity contribution in [3.63, 3.8) is 0 Å². The summed E-state index contributed by atoms with van der Waals surface area (Å²) in [6.45, 7) is 0.206. The quantitative estimate of drug-likeness (QED) is 0.927. The van der Waals surface area contributed by atoms with Gasteiger partial charge in [-0.2, -0.15) is 0 Å². The van der Waals surface area contributed by atoms with Crippen LogP contribution in [0.25, 0.3) is 0 Å². The van der Waals surface area contributed by atoms with Gasteiger partial charge in [0.25, 0.3) is 0 Å². The third-order valence-electron chi connectivity index (χ3n) is 4.47. The summed E-state index contributed by atoms with van der Waals surface area (Å²) >= 11 is 0. The lowest BCUT2D eigenvalue weighted by Crippen LogP contribution is -2.48. The van der Waals surface area contributed by atoms with E-state index in [2.05, 4.69) is 0 Å². The minimum absolute atomic E-state index is 0.0207. The van der Waals surface area contributed by atoms with Crippen LogP contribution in [0.2, 0.25) is 0 Å². The highest BCUT2D eigenvalue weighted by Gasteiger charge is 2.34. The topological polar surface area (TPSA) is 57.6 Å². The highest BCUT2D eigenvalue weighted by molar-refractivity contribution is 5.84. The molecule has 0 aromatic heterocycles. The lowest BCUT2D eigenvalue weighted by Gasteiger charge is -2.34. The summed E-state index contributed by atoms with van der Waals surface area (Å²) < 4.78 is 26.9. The number of hydrogen-bond donors (Lipinski definition) is 1. The Hall–Kier alpha value is -2.76. The normalized spacial score (nSPS) is 16.4. The van der Waals surface area contributed by atoms with Crippen LogP contribution in [-0.2, 0) is 29.0 Å². The summed E-state index contributed by atoms with van der Waals surface area (Å²) in [5, 5.41) is 9.45. The monoisotopic (exact) mass is 345 g/mol. The molecule has 1 unspecified atom stereocenters. The number of benzene rings is 2. The van der Waals surface area contributed by atoms with E-state index in [1.165, 1.54) is 4.90 Å². The van der Waals surface area contributed by atoms with E-state index < -0.39 is 23.6 Å². The molecule has 1 amide bonds. The van der Waals surface area contributed by atoms with Crippen molar-refractivity contribution in [1.82, 2.24) is 4.90 Å². The molecule has 0 spiro atoms. The van der Waals surface area contributed by atoms with E-state index in [0.717, 1.165) is 29.3 Å². The van der Waals surface area contributed by atoms with Gasteiger partial charge in [0.2, 0.25) is 5.91 Å². The number of aliphatic carboxylic acids is 1. The fourth-order valence-electron chi connectivity index (χ4n) is 3.13. The number of carboxylic acids is 1. The molecule has 6 heteroatoms. The molecule has 0 radical (unpaired) electrons. The van der Waals surface area contributed by atoms with Crippen LogP contribution in [0, 0.1) is 11.6 Å². The zero-order chi connectivity index (χ0) is 18.0. The lowest BCUT2D eigenvalue weighted by molar-refractivity contribution is -0.151. The smallest absolute Gasteiger partial charge is 0.326 e. The Kier molecular flexibility index (Phi) is 4.79. The summed E-state index contributed by atoms with van der Waals surface area (Å²) in [4.78, 5) is 25.4. The fraction of sp³-hybridized carbons (Fsp3) is 0.263. The minimum Gasteiger partial charge on any atom is -0.480 e. The average Bonchev–Trinajstić information content (AvgIpc) is 2.61. The molecule has 0 aliphatic carbocycles. The summed E-state index contributed by atoms with van der Waals surface area (Å²) in [6.07, 6.45) is 0.185. The van der Waals surface area contributed by atoms with E-state index in [1.54, 1.807) is 0 Å². The minimum atomic E-state index is -1.07. The summed E-state index contributed by atoms with van der Waals surface area (Å²) in [5.41, 5.74) is 1.93. The third-order valence-corrected chi connectivity index (χ3v) is 4.47. The van der Waals surface area contributed by atoms with Crippen LogP contribution in [0.5, 0.6) is 0 Å². The Balaban J connectivity index is 1.76. The molecule has 4 nitrogen and oxygen atoms in total. The SMILES string of the molecule is O=C(O)C1Cc2ccccc2CN1C(=O)CCc1cc(F)ccc1F. The predicted octanol–water partition coefficient (Wildman–Crippen LogP) is 2.94. The van der Waals surface area contributed by atoms with E-state index in [-0.39, 0.29) is 37.3 Å². The van der Waals surface area contributed by atoms with Crippen LogP contribution in [0.1, 0.15) is 23.1 Å². The first kappa shape index (κ1) is 17.1. The number of aryl methyl sites for hydroxylation is 1. The molecule has 0 bridgehead atoms. The predicted molar refractivity (Wildman–Crippen MR) is 86.8 cm³/mol. The van der Waals surface area contributed by atoms with Gasteiger partial charge in [0.05, 0.1) is 0 Å². The van der Waals surface area contributed by atoms with Gasteiger partial charge < -0.3 is 10.0 Å². The summed E-state index contributed by atoms with van der Waals surface area (Å²) in [7, 11) is 0. The zero-order valence-corrected chi connectivity index (χ0v) is 13.4.